The first-order valence-corrected chi connectivity index (χ1v) is 6.47. The van der Waals surface area contributed by atoms with Crippen LogP contribution in [-0.4, -0.2) is 35.0 Å². The second kappa shape index (κ2) is 7.76. The van der Waals surface area contributed by atoms with Crippen molar-refractivity contribution in [2.45, 2.75) is 53.1 Å². The van der Waals surface area contributed by atoms with Gasteiger partial charge in [-0.25, -0.2) is 0 Å². The van der Waals surface area contributed by atoms with Crippen molar-refractivity contribution in [2.24, 2.45) is 11.8 Å². The van der Waals surface area contributed by atoms with Crippen LogP contribution in [0.15, 0.2) is 0 Å². The van der Waals surface area contributed by atoms with Crippen LogP contribution in [0.25, 0.3) is 0 Å². The van der Waals surface area contributed by atoms with E-state index in [0.717, 1.165) is 0 Å². The normalized spacial score (nSPS) is 14.1. The van der Waals surface area contributed by atoms with Gasteiger partial charge in [0.1, 0.15) is 12.1 Å². The van der Waals surface area contributed by atoms with Gasteiger partial charge in [0, 0.05) is 6.42 Å². The Balaban J connectivity index is 4.60. The third-order valence-electron chi connectivity index (χ3n) is 2.59. The van der Waals surface area contributed by atoms with Crippen LogP contribution >= 0.6 is 0 Å². The third-order valence-corrected chi connectivity index (χ3v) is 2.59. The number of hydrogen-bond acceptors (Lipinski definition) is 3. The number of nitrogens with one attached hydrogen (secondary N) is 2. The lowest BCUT2D eigenvalue weighted by atomic mass is 10.0. The van der Waals surface area contributed by atoms with E-state index in [1.54, 1.807) is 13.8 Å². The van der Waals surface area contributed by atoms with E-state index in [0.29, 0.717) is 6.42 Å². The molecule has 1 unspecified atom stereocenters. The highest BCUT2D eigenvalue weighted by molar-refractivity contribution is 5.90. The Bertz CT molecular complexity index is 340. The molecule has 110 valence electrons. The van der Waals surface area contributed by atoms with Crippen LogP contribution < -0.4 is 10.6 Å². The van der Waals surface area contributed by atoms with E-state index in [9.17, 15) is 14.4 Å². The average Bonchev–Trinajstić information content (AvgIpc) is 2.23. The molecule has 0 rings (SSSR count). The quantitative estimate of drug-likeness (QED) is 0.637. The fourth-order valence-corrected chi connectivity index (χ4v) is 1.50. The molecule has 0 fully saturated rings. The zero-order valence-corrected chi connectivity index (χ0v) is 12.2. The van der Waals surface area contributed by atoms with E-state index >= 15 is 0 Å². The van der Waals surface area contributed by atoms with E-state index in [4.69, 9.17) is 5.11 Å². The summed E-state index contributed by atoms with van der Waals surface area (Å²) in [5, 5.41) is 13.8. The van der Waals surface area contributed by atoms with Gasteiger partial charge in [0.25, 0.3) is 0 Å². The molecular formula is C13H24N2O4. The second-order valence-electron chi connectivity index (χ2n) is 5.46. The summed E-state index contributed by atoms with van der Waals surface area (Å²) < 4.78 is 0. The lowest BCUT2D eigenvalue weighted by molar-refractivity contribution is -0.142. The highest BCUT2D eigenvalue weighted by atomic mass is 16.4. The molecule has 6 heteroatoms. The number of hydrogen-bond donors (Lipinski definition) is 3. The highest BCUT2D eigenvalue weighted by Gasteiger charge is 2.26. The van der Waals surface area contributed by atoms with Crippen LogP contribution in [0.4, 0.5) is 0 Å². The zero-order valence-electron chi connectivity index (χ0n) is 12.2. The molecule has 19 heavy (non-hydrogen) atoms. The molecule has 0 aliphatic heterocycles. The first-order chi connectivity index (χ1) is 8.65. The van der Waals surface area contributed by atoms with Crippen molar-refractivity contribution in [3.63, 3.8) is 0 Å². The number of carboxylic acids is 1. The fraction of sp³-hybridized carbons (Fsp3) is 0.769. The summed E-state index contributed by atoms with van der Waals surface area (Å²) >= 11 is 0. The Morgan fingerprint density at radius 3 is 1.89 bits per heavy atom. The van der Waals surface area contributed by atoms with E-state index < -0.39 is 24.0 Å². The van der Waals surface area contributed by atoms with Crippen LogP contribution in [0.1, 0.15) is 41.0 Å². The monoisotopic (exact) mass is 272 g/mol. The minimum absolute atomic E-state index is 0.114. The lowest BCUT2D eigenvalue weighted by Crippen LogP contribution is -2.53. The second-order valence-corrected chi connectivity index (χ2v) is 5.46. The molecule has 0 spiro atoms. The summed E-state index contributed by atoms with van der Waals surface area (Å²) in [5.74, 6) is -1.69. The summed E-state index contributed by atoms with van der Waals surface area (Å²) in [7, 11) is 0. The molecule has 2 atom stereocenters. The van der Waals surface area contributed by atoms with Crippen molar-refractivity contribution < 1.29 is 19.5 Å². The van der Waals surface area contributed by atoms with E-state index in [1.165, 1.54) is 6.92 Å². The van der Waals surface area contributed by atoms with E-state index in [1.807, 2.05) is 13.8 Å². The van der Waals surface area contributed by atoms with Gasteiger partial charge in [-0.15, -0.1) is 0 Å². The van der Waals surface area contributed by atoms with Crippen LogP contribution in [0.2, 0.25) is 0 Å². The third kappa shape index (κ3) is 6.79. The van der Waals surface area contributed by atoms with Gasteiger partial charge in [-0.3, -0.25) is 14.4 Å². The van der Waals surface area contributed by atoms with Crippen molar-refractivity contribution in [3.8, 4) is 0 Å². The van der Waals surface area contributed by atoms with Gasteiger partial charge in [-0.05, 0) is 18.8 Å². The smallest absolute Gasteiger partial charge is 0.325 e. The van der Waals surface area contributed by atoms with Gasteiger partial charge < -0.3 is 15.7 Å². The summed E-state index contributed by atoms with van der Waals surface area (Å²) in [4.78, 5) is 34.3. The number of carboxylic acid groups (broad SMARTS) is 1. The van der Waals surface area contributed by atoms with Gasteiger partial charge in [-0.2, -0.15) is 0 Å². The minimum atomic E-state index is -1.11. The molecule has 0 aromatic rings. The Labute approximate surface area is 113 Å². The van der Waals surface area contributed by atoms with Crippen LogP contribution in [0.3, 0.4) is 0 Å². The van der Waals surface area contributed by atoms with Gasteiger partial charge in [0.05, 0.1) is 0 Å². The van der Waals surface area contributed by atoms with Gasteiger partial charge in [0.2, 0.25) is 11.8 Å². The SMILES string of the molecule is CC(C)CC(=O)NC(C(=O)N[C@H](C)C(=O)O)C(C)C. The molecule has 0 radical (unpaired) electrons. The molecule has 3 N–H and O–H groups in total. The molecule has 0 saturated heterocycles. The molecule has 0 bridgehead atoms. The van der Waals surface area contributed by atoms with Crippen molar-refractivity contribution >= 4 is 17.8 Å². The topological polar surface area (TPSA) is 95.5 Å². The zero-order chi connectivity index (χ0) is 15.2. The predicted molar refractivity (Wildman–Crippen MR) is 71.5 cm³/mol. The van der Waals surface area contributed by atoms with Crippen molar-refractivity contribution in [2.75, 3.05) is 0 Å². The Hall–Kier alpha value is -1.59. The van der Waals surface area contributed by atoms with Gasteiger partial charge in [-0.1, -0.05) is 27.7 Å². The summed E-state index contributed by atoms with van der Waals surface area (Å²) in [6.07, 6.45) is 0.338. The van der Waals surface area contributed by atoms with Crippen molar-refractivity contribution in [1.29, 1.82) is 0 Å². The molecule has 0 heterocycles. The standard InChI is InChI=1S/C13H24N2O4/c1-7(2)6-10(16)15-11(8(3)4)12(17)14-9(5)13(18)19/h7-9,11H,6H2,1-5H3,(H,14,17)(H,15,16)(H,18,19)/t9-,11?/m1/s1. The minimum Gasteiger partial charge on any atom is -0.480 e. The maximum atomic E-state index is 11.9. The number of rotatable bonds is 7. The number of carbonyl (C=O) groups excluding carboxylic acids is 2. The Kier molecular flexibility index (Phi) is 7.11. The van der Waals surface area contributed by atoms with Crippen LogP contribution in [-0.2, 0) is 14.4 Å². The summed E-state index contributed by atoms with van der Waals surface area (Å²) in [5.41, 5.74) is 0. The molecule has 0 saturated carbocycles. The molecular weight excluding hydrogens is 248 g/mol. The van der Waals surface area contributed by atoms with Gasteiger partial charge in [0.15, 0.2) is 0 Å². The number of amides is 2. The molecule has 0 aromatic heterocycles. The summed E-state index contributed by atoms with van der Waals surface area (Å²) in [6, 6.07) is -1.69. The molecule has 2 amide bonds. The molecule has 0 aliphatic rings. The number of aliphatic carboxylic acids is 1. The first kappa shape index (κ1) is 17.4. The fourth-order valence-electron chi connectivity index (χ4n) is 1.50. The van der Waals surface area contributed by atoms with E-state index in [-0.39, 0.29) is 17.7 Å². The largest absolute Gasteiger partial charge is 0.480 e. The first-order valence-electron chi connectivity index (χ1n) is 6.47. The molecule has 6 nitrogen and oxygen atoms in total. The Morgan fingerprint density at radius 2 is 1.53 bits per heavy atom. The van der Waals surface area contributed by atoms with Crippen LogP contribution in [0, 0.1) is 11.8 Å². The predicted octanol–water partition coefficient (Wildman–Crippen LogP) is 0.763. The van der Waals surface area contributed by atoms with E-state index in [2.05, 4.69) is 10.6 Å². The summed E-state index contributed by atoms with van der Waals surface area (Å²) in [6.45, 7) is 8.80. The maximum Gasteiger partial charge on any atom is 0.325 e. The molecule has 0 aliphatic carbocycles. The lowest BCUT2D eigenvalue weighted by Gasteiger charge is -2.23. The average molecular weight is 272 g/mol. The van der Waals surface area contributed by atoms with Crippen LogP contribution in [0.5, 0.6) is 0 Å². The van der Waals surface area contributed by atoms with Crippen molar-refractivity contribution in [3.05, 3.63) is 0 Å². The van der Waals surface area contributed by atoms with Gasteiger partial charge >= 0.3 is 5.97 Å². The maximum absolute atomic E-state index is 11.9. The molecule has 0 aromatic carbocycles. The Morgan fingerprint density at radius 1 is 1.00 bits per heavy atom. The van der Waals surface area contributed by atoms with Crippen molar-refractivity contribution in [1.82, 2.24) is 10.6 Å². The number of carbonyl (C=O) groups is 3. The highest BCUT2D eigenvalue weighted by Crippen LogP contribution is 2.05.